The highest BCUT2D eigenvalue weighted by Gasteiger charge is 2.20. The molecule has 104 valence electrons. The Labute approximate surface area is 119 Å². The van der Waals surface area contributed by atoms with E-state index in [4.69, 9.17) is 4.74 Å². The molecule has 1 aliphatic rings. The molecule has 1 saturated carbocycles. The van der Waals surface area contributed by atoms with Crippen LogP contribution < -0.4 is 10.1 Å². The molecule has 0 atom stereocenters. The minimum atomic E-state index is 0.662. The lowest BCUT2D eigenvalue weighted by atomic mass is 10.2. The van der Waals surface area contributed by atoms with Crippen molar-refractivity contribution < 1.29 is 4.74 Å². The molecule has 4 nitrogen and oxygen atoms in total. The van der Waals surface area contributed by atoms with Gasteiger partial charge in [0.25, 0.3) is 0 Å². The van der Waals surface area contributed by atoms with Crippen molar-refractivity contribution in [1.29, 1.82) is 0 Å². The first-order valence-corrected chi connectivity index (χ1v) is 7.13. The van der Waals surface area contributed by atoms with Crippen LogP contribution in [-0.2, 0) is 6.54 Å². The van der Waals surface area contributed by atoms with Gasteiger partial charge in [-0.2, -0.15) is 0 Å². The number of benzene rings is 1. The summed E-state index contributed by atoms with van der Waals surface area (Å²) in [6.45, 7) is 3.45. The van der Waals surface area contributed by atoms with E-state index in [2.05, 4.69) is 15.3 Å². The molecule has 0 saturated heterocycles. The molecule has 1 aliphatic carbocycles. The third-order valence-corrected chi connectivity index (χ3v) is 3.27. The number of rotatable bonds is 6. The van der Waals surface area contributed by atoms with E-state index in [-0.39, 0.29) is 0 Å². The summed E-state index contributed by atoms with van der Waals surface area (Å²) in [7, 11) is 0. The van der Waals surface area contributed by atoms with Crippen LogP contribution in [0.15, 0.2) is 36.5 Å². The summed E-state index contributed by atoms with van der Waals surface area (Å²) in [5, 5.41) is 3.47. The van der Waals surface area contributed by atoms with Crippen molar-refractivity contribution in [2.45, 2.75) is 32.4 Å². The van der Waals surface area contributed by atoms with Gasteiger partial charge >= 0.3 is 0 Å². The van der Waals surface area contributed by atoms with Gasteiger partial charge in [-0.1, -0.05) is 12.1 Å². The van der Waals surface area contributed by atoms with Gasteiger partial charge in [-0.15, -0.1) is 0 Å². The van der Waals surface area contributed by atoms with Crippen LogP contribution in [0.4, 0.5) is 0 Å². The van der Waals surface area contributed by atoms with Crippen molar-refractivity contribution in [3.63, 3.8) is 0 Å². The molecule has 0 spiro atoms. The maximum Gasteiger partial charge on any atom is 0.159 e. The fraction of sp³-hybridized carbons (Fsp3) is 0.375. The van der Waals surface area contributed by atoms with Crippen molar-refractivity contribution in [3.05, 3.63) is 42.2 Å². The van der Waals surface area contributed by atoms with E-state index in [0.717, 1.165) is 29.4 Å². The first kappa shape index (κ1) is 13.1. The summed E-state index contributed by atoms with van der Waals surface area (Å²) in [6, 6.07) is 10.6. The van der Waals surface area contributed by atoms with Gasteiger partial charge in [0.2, 0.25) is 0 Å². The number of nitrogens with one attached hydrogen (secondary N) is 1. The first-order chi connectivity index (χ1) is 9.85. The number of hydrogen-bond acceptors (Lipinski definition) is 4. The Morgan fingerprint density at radius 2 is 2.20 bits per heavy atom. The van der Waals surface area contributed by atoms with Gasteiger partial charge < -0.3 is 10.1 Å². The molecular weight excluding hydrogens is 250 g/mol. The van der Waals surface area contributed by atoms with E-state index in [1.54, 1.807) is 0 Å². The van der Waals surface area contributed by atoms with Gasteiger partial charge in [-0.3, -0.25) is 0 Å². The van der Waals surface area contributed by atoms with Crippen LogP contribution in [0.25, 0.3) is 11.4 Å². The molecule has 1 heterocycles. The van der Waals surface area contributed by atoms with Crippen LogP contribution in [0.1, 0.15) is 25.5 Å². The van der Waals surface area contributed by atoms with Crippen molar-refractivity contribution in [2.24, 2.45) is 0 Å². The van der Waals surface area contributed by atoms with Gasteiger partial charge in [0.1, 0.15) is 5.75 Å². The Balaban J connectivity index is 1.77. The molecule has 20 heavy (non-hydrogen) atoms. The topological polar surface area (TPSA) is 47.0 Å². The van der Waals surface area contributed by atoms with Crippen LogP contribution in [0.5, 0.6) is 5.75 Å². The molecule has 0 radical (unpaired) electrons. The van der Waals surface area contributed by atoms with E-state index in [0.29, 0.717) is 12.6 Å². The van der Waals surface area contributed by atoms with Gasteiger partial charge in [-0.25, -0.2) is 9.97 Å². The Hall–Kier alpha value is -1.94. The molecule has 0 aliphatic heterocycles. The second-order valence-corrected chi connectivity index (χ2v) is 4.99. The molecule has 1 aromatic heterocycles. The van der Waals surface area contributed by atoms with Crippen LogP contribution in [-0.4, -0.2) is 22.6 Å². The largest absolute Gasteiger partial charge is 0.494 e. The molecule has 2 aromatic rings. The van der Waals surface area contributed by atoms with Crippen LogP contribution >= 0.6 is 0 Å². The average Bonchev–Trinajstić information content (AvgIpc) is 3.30. The van der Waals surface area contributed by atoms with Gasteiger partial charge in [0, 0.05) is 24.3 Å². The summed E-state index contributed by atoms with van der Waals surface area (Å²) >= 11 is 0. The zero-order valence-corrected chi connectivity index (χ0v) is 11.7. The minimum Gasteiger partial charge on any atom is -0.494 e. The predicted octanol–water partition coefficient (Wildman–Crippen LogP) is 2.79. The lowest BCUT2D eigenvalue weighted by Gasteiger charge is -2.07. The number of ether oxygens (including phenoxy) is 1. The third-order valence-electron chi connectivity index (χ3n) is 3.27. The summed E-state index contributed by atoms with van der Waals surface area (Å²) in [5.74, 6) is 1.61. The molecule has 1 fully saturated rings. The normalized spacial score (nSPS) is 14.2. The quantitative estimate of drug-likeness (QED) is 0.876. The first-order valence-electron chi connectivity index (χ1n) is 7.13. The number of nitrogens with zero attached hydrogens (tertiary/aromatic N) is 2. The van der Waals surface area contributed by atoms with E-state index < -0.39 is 0 Å². The fourth-order valence-corrected chi connectivity index (χ4v) is 2.06. The number of aromatic nitrogens is 2. The van der Waals surface area contributed by atoms with Crippen molar-refractivity contribution >= 4 is 0 Å². The van der Waals surface area contributed by atoms with E-state index >= 15 is 0 Å². The van der Waals surface area contributed by atoms with E-state index in [1.807, 2.05) is 43.5 Å². The standard InChI is InChI=1S/C16H19N3O/c1-2-20-15-5-3-4-12(10-15)16-17-9-8-14(19-16)11-18-13-6-7-13/h3-5,8-10,13,18H,2,6-7,11H2,1H3. The minimum absolute atomic E-state index is 0.662. The van der Waals surface area contributed by atoms with Crippen molar-refractivity contribution in [1.82, 2.24) is 15.3 Å². The van der Waals surface area contributed by atoms with Crippen molar-refractivity contribution in [3.8, 4) is 17.1 Å². The van der Waals surface area contributed by atoms with Crippen LogP contribution in [0, 0.1) is 0 Å². The lowest BCUT2D eigenvalue weighted by Crippen LogP contribution is -2.16. The second kappa shape index (κ2) is 6.01. The fourth-order valence-electron chi connectivity index (χ4n) is 2.06. The zero-order valence-electron chi connectivity index (χ0n) is 11.7. The molecule has 1 N–H and O–H groups in total. The van der Waals surface area contributed by atoms with Crippen molar-refractivity contribution in [2.75, 3.05) is 6.61 Å². The average molecular weight is 269 g/mol. The number of hydrogen-bond donors (Lipinski definition) is 1. The second-order valence-electron chi connectivity index (χ2n) is 4.99. The Kier molecular flexibility index (Phi) is 3.92. The summed E-state index contributed by atoms with van der Waals surface area (Å²) < 4.78 is 5.52. The SMILES string of the molecule is CCOc1cccc(-c2nccc(CNC3CC3)n2)c1. The summed E-state index contributed by atoms with van der Waals surface area (Å²) in [4.78, 5) is 8.97. The monoisotopic (exact) mass is 269 g/mol. The van der Waals surface area contributed by atoms with Gasteiger partial charge in [-0.05, 0) is 38.0 Å². The maximum atomic E-state index is 5.52. The summed E-state index contributed by atoms with van der Waals surface area (Å²) in [5.41, 5.74) is 2.02. The zero-order chi connectivity index (χ0) is 13.8. The molecule has 0 bridgehead atoms. The highest BCUT2D eigenvalue weighted by Crippen LogP contribution is 2.22. The third kappa shape index (κ3) is 3.33. The molecular formula is C16H19N3O. The van der Waals surface area contributed by atoms with Gasteiger partial charge in [0.15, 0.2) is 5.82 Å². The molecule has 0 unspecified atom stereocenters. The van der Waals surface area contributed by atoms with E-state index in [9.17, 15) is 0 Å². The molecule has 0 amide bonds. The maximum absolute atomic E-state index is 5.52. The lowest BCUT2D eigenvalue weighted by molar-refractivity contribution is 0.340. The van der Waals surface area contributed by atoms with Crippen LogP contribution in [0.2, 0.25) is 0 Å². The highest BCUT2D eigenvalue weighted by molar-refractivity contribution is 5.57. The summed E-state index contributed by atoms with van der Waals surface area (Å²) in [6.07, 6.45) is 4.39. The Morgan fingerprint density at radius 3 is 3.00 bits per heavy atom. The molecule has 4 heteroatoms. The Morgan fingerprint density at radius 1 is 1.30 bits per heavy atom. The highest BCUT2D eigenvalue weighted by atomic mass is 16.5. The molecule has 1 aromatic carbocycles. The molecule has 3 rings (SSSR count). The Bertz CT molecular complexity index is 581. The van der Waals surface area contributed by atoms with Crippen LogP contribution in [0.3, 0.4) is 0 Å². The van der Waals surface area contributed by atoms with Gasteiger partial charge in [0.05, 0.1) is 12.3 Å². The van der Waals surface area contributed by atoms with E-state index in [1.165, 1.54) is 12.8 Å². The smallest absolute Gasteiger partial charge is 0.159 e. The predicted molar refractivity (Wildman–Crippen MR) is 78.5 cm³/mol.